The maximum atomic E-state index is 5.42. The Morgan fingerprint density at radius 2 is 2.29 bits per heavy atom. The van der Waals surface area contributed by atoms with E-state index in [-0.39, 0.29) is 0 Å². The molecule has 78 valence electrons. The number of morpholine rings is 1. The fourth-order valence-electron chi connectivity index (χ4n) is 1.46. The van der Waals surface area contributed by atoms with Gasteiger partial charge in [0.25, 0.3) is 0 Å². The van der Waals surface area contributed by atoms with E-state index in [4.69, 9.17) is 9.47 Å². The van der Waals surface area contributed by atoms with Crippen LogP contribution in [0.25, 0.3) is 0 Å². The summed E-state index contributed by atoms with van der Waals surface area (Å²) in [5, 5.41) is 7.64. The maximum Gasteiger partial charge on any atom is 0.230 e. The molecule has 0 radical (unpaired) electrons. The normalized spacial score (nSPS) is 22.4. The van der Waals surface area contributed by atoms with Crippen molar-refractivity contribution in [1.82, 2.24) is 4.90 Å². The zero-order valence-electron chi connectivity index (χ0n) is 8.19. The number of ether oxygens (including phenoxy) is 2. The second-order valence-electron chi connectivity index (χ2n) is 3.27. The molecule has 14 heavy (non-hydrogen) atoms. The van der Waals surface area contributed by atoms with Crippen molar-refractivity contribution >= 4 is 0 Å². The molecule has 0 aromatic rings. The first-order valence-electron chi connectivity index (χ1n) is 4.96. The molecule has 0 unspecified atom stereocenters. The third kappa shape index (κ3) is 2.78. The first-order valence-corrected chi connectivity index (χ1v) is 4.96. The summed E-state index contributed by atoms with van der Waals surface area (Å²) in [6, 6.07) is 0. The lowest BCUT2D eigenvalue weighted by Crippen LogP contribution is -2.38. The minimum atomic E-state index is 0.660. The van der Waals surface area contributed by atoms with Crippen molar-refractivity contribution in [3.8, 4) is 0 Å². The Hall–Kier alpha value is -0.940. The van der Waals surface area contributed by atoms with Crippen molar-refractivity contribution in [2.75, 3.05) is 46.0 Å². The summed E-state index contributed by atoms with van der Waals surface area (Å²) in [5.41, 5.74) is 0. The van der Waals surface area contributed by atoms with Gasteiger partial charge < -0.3 is 9.47 Å². The first-order chi connectivity index (χ1) is 6.95. The Morgan fingerprint density at radius 3 is 3.00 bits per heavy atom. The molecule has 0 spiro atoms. The van der Waals surface area contributed by atoms with E-state index in [2.05, 4.69) is 15.1 Å². The molecule has 2 rings (SSSR count). The Balaban J connectivity index is 1.59. The number of azo groups is 1. The highest BCUT2D eigenvalue weighted by Crippen LogP contribution is 2.07. The van der Waals surface area contributed by atoms with Crippen LogP contribution in [0.3, 0.4) is 0 Å². The molecule has 0 aromatic heterocycles. The molecule has 2 heterocycles. The highest BCUT2D eigenvalue weighted by molar-refractivity contribution is 4.95. The maximum absolute atomic E-state index is 5.42. The summed E-state index contributed by atoms with van der Waals surface area (Å²) in [5.74, 6) is 0.665. The van der Waals surface area contributed by atoms with E-state index < -0.39 is 0 Å². The van der Waals surface area contributed by atoms with Crippen molar-refractivity contribution in [3.05, 3.63) is 12.0 Å². The van der Waals surface area contributed by atoms with Crippen LogP contribution >= 0.6 is 0 Å². The smallest absolute Gasteiger partial charge is 0.230 e. The van der Waals surface area contributed by atoms with E-state index in [1.165, 1.54) is 0 Å². The van der Waals surface area contributed by atoms with Gasteiger partial charge in [-0.15, -0.1) is 5.11 Å². The van der Waals surface area contributed by atoms with Gasteiger partial charge in [0, 0.05) is 25.7 Å². The molecule has 5 nitrogen and oxygen atoms in total. The Labute approximate surface area is 83.4 Å². The zero-order chi connectivity index (χ0) is 9.64. The monoisotopic (exact) mass is 197 g/mol. The SMILES string of the molecule is C1=C(OCCN2CCOCC2)N=NC1. The molecule has 2 aliphatic heterocycles. The number of hydrogen-bond acceptors (Lipinski definition) is 5. The molecule has 2 aliphatic rings. The van der Waals surface area contributed by atoms with Crippen LogP contribution in [0.15, 0.2) is 22.2 Å². The van der Waals surface area contributed by atoms with Crippen LogP contribution in [-0.4, -0.2) is 50.9 Å². The lowest BCUT2D eigenvalue weighted by molar-refractivity contribution is 0.0274. The quantitative estimate of drug-likeness (QED) is 0.664. The third-order valence-electron chi connectivity index (χ3n) is 2.28. The van der Waals surface area contributed by atoms with Crippen LogP contribution in [0.2, 0.25) is 0 Å². The highest BCUT2D eigenvalue weighted by atomic mass is 16.5. The van der Waals surface area contributed by atoms with Gasteiger partial charge in [-0.25, -0.2) is 0 Å². The summed E-state index contributed by atoms with van der Waals surface area (Å²) in [6.45, 7) is 5.96. The van der Waals surface area contributed by atoms with Gasteiger partial charge in [0.1, 0.15) is 6.61 Å². The molecule has 1 fully saturated rings. The number of hydrogen-bond donors (Lipinski definition) is 0. The molecule has 0 aromatic carbocycles. The average molecular weight is 197 g/mol. The van der Waals surface area contributed by atoms with Gasteiger partial charge in [-0.3, -0.25) is 4.90 Å². The molecule has 0 N–H and O–H groups in total. The van der Waals surface area contributed by atoms with Crippen LogP contribution in [0.5, 0.6) is 0 Å². The van der Waals surface area contributed by atoms with E-state index in [0.29, 0.717) is 19.0 Å². The highest BCUT2D eigenvalue weighted by Gasteiger charge is 2.10. The van der Waals surface area contributed by atoms with Crippen LogP contribution < -0.4 is 0 Å². The van der Waals surface area contributed by atoms with Crippen LogP contribution in [0, 0.1) is 0 Å². The van der Waals surface area contributed by atoms with E-state index in [1.54, 1.807) is 0 Å². The summed E-state index contributed by atoms with van der Waals surface area (Å²) in [6.07, 6.45) is 1.89. The Morgan fingerprint density at radius 1 is 1.43 bits per heavy atom. The molecular weight excluding hydrogens is 182 g/mol. The molecular formula is C9H15N3O2. The average Bonchev–Trinajstić information content (AvgIpc) is 2.72. The topological polar surface area (TPSA) is 46.4 Å². The van der Waals surface area contributed by atoms with E-state index in [1.807, 2.05) is 6.08 Å². The molecule has 0 aliphatic carbocycles. The van der Waals surface area contributed by atoms with E-state index in [9.17, 15) is 0 Å². The van der Waals surface area contributed by atoms with Crippen molar-refractivity contribution in [2.24, 2.45) is 10.2 Å². The minimum Gasteiger partial charge on any atom is -0.475 e. The van der Waals surface area contributed by atoms with Gasteiger partial charge in [-0.1, -0.05) is 0 Å². The van der Waals surface area contributed by atoms with Crippen molar-refractivity contribution in [2.45, 2.75) is 0 Å². The zero-order valence-corrected chi connectivity index (χ0v) is 8.19. The summed E-state index contributed by atoms with van der Waals surface area (Å²) in [4.78, 5) is 2.33. The molecule has 5 heteroatoms. The van der Waals surface area contributed by atoms with Gasteiger partial charge >= 0.3 is 0 Å². The molecule has 0 bridgehead atoms. The molecule has 1 saturated heterocycles. The first kappa shape index (κ1) is 9.61. The van der Waals surface area contributed by atoms with Gasteiger partial charge in [0.05, 0.1) is 19.8 Å². The lowest BCUT2D eigenvalue weighted by atomic mass is 10.4. The standard InChI is InChI=1S/C9H15N3O2/c1-2-10-11-9(1)14-8-5-12-3-6-13-7-4-12/h1H,2-8H2. The summed E-state index contributed by atoms with van der Waals surface area (Å²) < 4.78 is 10.7. The second-order valence-corrected chi connectivity index (χ2v) is 3.27. The van der Waals surface area contributed by atoms with Gasteiger partial charge in [0.15, 0.2) is 0 Å². The van der Waals surface area contributed by atoms with Gasteiger partial charge in [0.2, 0.25) is 5.88 Å². The third-order valence-corrected chi connectivity index (χ3v) is 2.28. The van der Waals surface area contributed by atoms with Gasteiger partial charge in [-0.05, 0) is 0 Å². The van der Waals surface area contributed by atoms with Crippen LogP contribution in [0.1, 0.15) is 0 Å². The molecule has 0 amide bonds. The summed E-state index contributed by atoms with van der Waals surface area (Å²) in [7, 11) is 0. The Bertz CT molecular complexity index is 234. The minimum absolute atomic E-state index is 0.660. The molecule has 0 saturated carbocycles. The van der Waals surface area contributed by atoms with Crippen LogP contribution in [0.4, 0.5) is 0 Å². The number of nitrogens with zero attached hydrogens (tertiary/aromatic N) is 3. The second kappa shape index (κ2) is 5.07. The van der Waals surface area contributed by atoms with Crippen molar-refractivity contribution < 1.29 is 9.47 Å². The van der Waals surface area contributed by atoms with E-state index >= 15 is 0 Å². The van der Waals surface area contributed by atoms with Crippen molar-refractivity contribution in [3.63, 3.8) is 0 Å². The Kier molecular flexibility index (Phi) is 3.48. The predicted molar refractivity (Wildman–Crippen MR) is 51.0 cm³/mol. The van der Waals surface area contributed by atoms with E-state index in [0.717, 1.165) is 32.8 Å². The van der Waals surface area contributed by atoms with Crippen LogP contribution in [-0.2, 0) is 9.47 Å². The fourth-order valence-corrected chi connectivity index (χ4v) is 1.46. The van der Waals surface area contributed by atoms with Gasteiger partial charge in [-0.2, -0.15) is 5.11 Å². The van der Waals surface area contributed by atoms with Crippen molar-refractivity contribution in [1.29, 1.82) is 0 Å². The lowest BCUT2D eigenvalue weighted by Gasteiger charge is -2.26. The predicted octanol–water partition coefficient (Wildman–Crippen LogP) is 0.642. The number of rotatable bonds is 4. The fraction of sp³-hybridized carbons (Fsp3) is 0.778. The largest absolute Gasteiger partial charge is 0.475 e. The molecule has 0 atom stereocenters. The summed E-state index contributed by atoms with van der Waals surface area (Å²) >= 11 is 0.